The number of hydrogen-bond donors (Lipinski definition) is 2. The molecule has 1 aliphatic heterocycles. The third-order valence-electron chi connectivity index (χ3n) is 4.80. The van der Waals surface area contributed by atoms with Crippen LogP contribution in [0.5, 0.6) is 0 Å². The van der Waals surface area contributed by atoms with E-state index in [9.17, 15) is 10.2 Å². The van der Waals surface area contributed by atoms with E-state index in [-0.39, 0.29) is 5.60 Å². The van der Waals surface area contributed by atoms with E-state index in [0.29, 0.717) is 23.4 Å². The summed E-state index contributed by atoms with van der Waals surface area (Å²) in [6, 6.07) is 6.93. The second kappa shape index (κ2) is 6.22. The molecule has 2 aliphatic rings. The Morgan fingerprint density at radius 2 is 1.77 bits per heavy atom. The van der Waals surface area contributed by atoms with Gasteiger partial charge in [0.2, 0.25) is 0 Å². The van der Waals surface area contributed by atoms with Gasteiger partial charge in [0, 0.05) is 11.6 Å². The molecular formula is C18H21ClO3. The van der Waals surface area contributed by atoms with Crippen molar-refractivity contribution in [3.05, 3.63) is 34.9 Å². The highest BCUT2D eigenvalue weighted by molar-refractivity contribution is 6.30. The second-order valence-corrected chi connectivity index (χ2v) is 6.83. The van der Waals surface area contributed by atoms with Crippen LogP contribution in [-0.4, -0.2) is 28.0 Å². The first-order valence-electron chi connectivity index (χ1n) is 7.83. The molecule has 22 heavy (non-hydrogen) atoms. The van der Waals surface area contributed by atoms with Crippen molar-refractivity contribution >= 4 is 11.6 Å². The van der Waals surface area contributed by atoms with Crippen LogP contribution in [0.2, 0.25) is 5.02 Å². The largest absolute Gasteiger partial charge is 0.378 e. The summed E-state index contributed by atoms with van der Waals surface area (Å²) < 4.78 is 5.86. The molecule has 1 heterocycles. The van der Waals surface area contributed by atoms with Crippen molar-refractivity contribution in [3.8, 4) is 11.8 Å². The molecule has 1 spiro atoms. The SMILES string of the molecule is OC(C#CC1(O)CCC2(CCCO2)CC1)c1ccc(Cl)cc1. The summed E-state index contributed by atoms with van der Waals surface area (Å²) in [4.78, 5) is 0. The lowest BCUT2D eigenvalue weighted by Crippen LogP contribution is -2.41. The molecule has 0 radical (unpaired) electrons. The maximum atomic E-state index is 10.6. The standard InChI is InChI=1S/C18H21ClO3/c19-15-4-2-14(3-5-15)16(20)6-8-17(21)9-11-18(12-10-17)7-1-13-22-18/h2-5,16,20-21H,1,7,9-13H2. The van der Waals surface area contributed by atoms with Gasteiger partial charge in [-0.15, -0.1) is 0 Å². The Bertz CT molecular complexity index is 569. The number of halogens is 1. The molecule has 118 valence electrons. The third kappa shape index (κ3) is 3.47. The van der Waals surface area contributed by atoms with Crippen LogP contribution >= 0.6 is 11.6 Å². The molecule has 3 nitrogen and oxygen atoms in total. The maximum absolute atomic E-state index is 10.6. The Morgan fingerprint density at radius 1 is 1.09 bits per heavy atom. The number of ether oxygens (including phenoxy) is 1. The van der Waals surface area contributed by atoms with Gasteiger partial charge < -0.3 is 14.9 Å². The Kier molecular flexibility index (Phi) is 4.47. The van der Waals surface area contributed by atoms with Crippen molar-refractivity contribution in [2.75, 3.05) is 6.61 Å². The molecule has 2 N–H and O–H groups in total. The number of hydrogen-bond acceptors (Lipinski definition) is 3. The molecule has 1 aromatic rings. The number of aliphatic hydroxyl groups excluding tert-OH is 1. The number of benzene rings is 1. The number of aliphatic hydroxyl groups is 2. The smallest absolute Gasteiger partial charge is 0.140 e. The van der Waals surface area contributed by atoms with E-state index in [1.165, 1.54) is 0 Å². The van der Waals surface area contributed by atoms with E-state index in [4.69, 9.17) is 16.3 Å². The molecule has 2 fully saturated rings. The fourth-order valence-electron chi connectivity index (χ4n) is 3.32. The van der Waals surface area contributed by atoms with Crippen LogP contribution in [0.4, 0.5) is 0 Å². The predicted molar refractivity (Wildman–Crippen MR) is 85.5 cm³/mol. The Balaban J connectivity index is 1.64. The van der Waals surface area contributed by atoms with Crippen LogP contribution < -0.4 is 0 Å². The Hall–Kier alpha value is -1.05. The lowest BCUT2D eigenvalue weighted by molar-refractivity contribution is -0.0696. The minimum atomic E-state index is -1.01. The van der Waals surface area contributed by atoms with Gasteiger partial charge in [-0.05, 0) is 56.2 Å². The van der Waals surface area contributed by atoms with Gasteiger partial charge in [-0.25, -0.2) is 0 Å². The lowest BCUT2D eigenvalue weighted by atomic mass is 9.75. The summed E-state index contributed by atoms with van der Waals surface area (Å²) in [7, 11) is 0. The minimum absolute atomic E-state index is 0.0251. The summed E-state index contributed by atoms with van der Waals surface area (Å²) in [5, 5.41) is 21.3. The van der Waals surface area contributed by atoms with Crippen LogP contribution in [-0.2, 0) is 4.74 Å². The van der Waals surface area contributed by atoms with E-state index < -0.39 is 11.7 Å². The van der Waals surface area contributed by atoms with Gasteiger partial charge in [0.25, 0.3) is 0 Å². The first-order chi connectivity index (χ1) is 10.5. The lowest BCUT2D eigenvalue weighted by Gasteiger charge is -2.39. The molecular weight excluding hydrogens is 300 g/mol. The molecule has 0 amide bonds. The molecule has 1 saturated carbocycles. The summed E-state index contributed by atoms with van der Waals surface area (Å²) in [5.41, 5.74) is -0.347. The highest BCUT2D eigenvalue weighted by Crippen LogP contribution is 2.42. The van der Waals surface area contributed by atoms with E-state index in [1.54, 1.807) is 24.3 Å². The monoisotopic (exact) mass is 320 g/mol. The normalized spacial score (nSPS) is 32.5. The molecule has 0 aromatic heterocycles. The summed E-state index contributed by atoms with van der Waals surface area (Å²) >= 11 is 5.83. The van der Waals surface area contributed by atoms with Gasteiger partial charge in [-0.3, -0.25) is 0 Å². The molecule has 3 rings (SSSR count). The molecule has 0 bridgehead atoms. The molecule has 4 heteroatoms. The van der Waals surface area contributed by atoms with Crippen LogP contribution in [0.25, 0.3) is 0 Å². The van der Waals surface area contributed by atoms with Gasteiger partial charge in [-0.1, -0.05) is 35.6 Å². The predicted octanol–water partition coefficient (Wildman–Crippen LogP) is 3.23. The topological polar surface area (TPSA) is 49.7 Å². The first kappa shape index (κ1) is 15.8. The molecule has 1 unspecified atom stereocenters. The fraction of sp³-hybridized carbons (Fsp3) is 0.556. The van der Waals surface area contributed by atoms with Crippen molar-refractivity contribution < 1.29 is 14.9 Å². The second-order valence-electron chi connectivity index (χ2n) is 6.39. The van der Waals surface area contributed by atoms with Crippen LogP contribution in [0.1, 0.15) is 50.2 Å². The zero-order valence-electron chi connectivity index (χ0n) is 12.5. The van der Waals surface area contributed by atoms with Crippen molar-refractivity contribution in [2.24, 2.45) is 0 Å². The summed E-state index contributed by atoms with van der Waals surface area (Å²) in [6.07, 6.45) is 4.19. The molecule has 1 aliphatic carbocycles. The molecule has 1 atom stereocenters. The first-order valence-corrected chi connectivity index (χ1v) is 8.21. The van der Waals surface area contributed by atoms with E-state index in [2.05, 4.69) is 11.8 Å². The number of rotatable bonds is 1. The van der Waals surface area contributed by atoms with Crippen LogP contribution in [0, 0.1) is 11.8 Å². The van der Waals surface area contributed by atoms with Gasteiger partial charge in [0.15, 0.2) is 0 Å². The van der Waals surface area contributed by atoms with Gasteiger partial charge in [0.1, 0.15) is 11.7 Å². The van der Waals surface area contributed by atoms with Gasteiger partial charge in [0.05, 0.1) is 5.60 Å². The summed E-state index contributed by atoms with van der Waals surface area (Å²) in [6.45, 7) is 0.833. The minimum Gasteiger partial charge on any atom is -0.378 e. The van der Waals surface area contributed by atoms with Crippen LogP contribution in [0.15, 0.2) is 24.3 Å². The molecule has 1 saturated heterocycles. The summed E-state index contributed by atoms with van der Waals surface area (Å²) in [5.74, 6) is 5.66. The van der Waals surface area contributed by atoms with Gasteiger partial charge >= 0.3 is 0 Å². The fourth-order valence-corrected chi connectivity index (χ4v) is 3.45. The van der Waals surface area contributed by atoms with Crippen molar-refractivity contribution in [1.82, 2.24) is 0 Å². The van der Waals surface area contributed by atoms with Crippen molar-refractivity contribution in [2.45, 2.75) is 55.8 Å². The van der Waals surface area contributed by atoms with E-state index in [0.717, 1.165) is 32.3 Å². The average Bonchev–Trinajstić information content (AvgIpc) is 2.98. The zero-order valence-corrected chi connectivity index (χ0v) is 13.3. The van der Waals surface area contributed by atoms with Crippen LogP contribution in [0.3, 0.4) is 0 Å². The van der Waals surface area contributed by atoms with E-state index in [1.807, 2.05) is 0 Å². The van der Waals surface area contributed by atoms with Crippen molar-refractivity contribution in [3.63, 3.8) is 0 Å². The van der Waals surface area contributed by atoms with Gasteiger partial charge in [-0.2, -0.15) is 0 Å². The highest BCUT2D eigenvalue weighted by atomic mass is 35.5. The molecule has 1 aromatic carbocycles. The Morgan fingerprint density at radius 3 is 2.36 bits per heavy atom. The maximum Gasteiger partial charge on any atom is 0.140 e. The van der Waals surface area contributed by atoms with Crippen molar-refractivity contribution in [1.29, 1.82) is 0 Å². The highest BCUT2D eigenvalue weighted by Gasteiger charge is 2.43. The van der Waals surface area contributed by atoms with E-state index >= 15 is 0 Å². The Labute approximate surface area is 136 Å². The zero-order chi connectivity index (χ0) is 15.6. The average molecular weight is 321 g/mol. The quantitative estimate of drug-likeness (QED) is 0.781. The third-order valence-corrected chi connectivity index (χ3v) is 5.05.